The molecular weight excluding hydrogens is 803 g/mol. The smallest absolute Gasteiger partial charge is 0.195 e. The third-order valence-corrected chi connectivity index (χ3v) is 15.2. The molecule has 1 spiro atoms. The Kier molecular flexibility index (Phi) is 10.0. The Morgan fingerprint density at radius 2 is 1.52 bits per heavy atom. The number of carbonyl (C=O) groups is 1. The fourth-order valence-corrected chi connectivity index (χ4v) is 11.7. The third kappa shape index (κ3) is 7.30. The molecule has 0 amide bonds. The van der Waals surface area contributed by atoms with Crippen LogP contribution in [0.2, 0.25) is 0 Å². The van der Waals surface area contributed by atoms with Gasteiger partial charge in [-0.1, -0.05) is 0 Å². The number of ether oxygens (including phenoxy) is 2. The lowest BCUT2D eigenvalue weighted by Crippen LogP contribution is -2.51. The molecule has 1 saturated carbocycles. The van der Waals surface area contributed by atoms with Crippen molar-refractivity contribution >= 4 is 44.3 Å². The second-order valence-electron chi connectivity index (χ2n) is 16.8. The number of phenolic OH excluding ortho intramolecular Hbond substituents is 2. The number of fused-ring (bicyclic) bond motifs is 4. The van der Waals surface area contributed by atoms with Crippen molar-refractivity contribution in [2.45, 2.75) is 65.5 Å². The van der Waals surface area contributed by atoms with Crippen LogP contribution in [0.5, 0.6) is 23.0 Å². The summed E-state index contributed by atoms with van der Waals surface area (Å²) in [5.41, 5.74) is 6.84. The molecular formula is C49H47N5O5S2. The van der Waals surface area contributed by atoms with E-state index in [1.165, 1.54) is 27.3 Å². The number of thiophene rings is 2. The number of aryl methyl sites for hydroxylation is 2. The van der Waals surface area contributed by atoms with Gasteiger partial charge >= 0.3 is 0 Å². The Balaban J connectivity index is 0.711. The summed E-state index contributed by atoms with van der Waals surface area (Å²) in [5, 5.41) is 30.8. The van der Waals surface area contributed by atoms with Gasteiger partial charge in [0.2, 0.25) is 0 Å². The molecule has 2 aliphatic heterocycles. The zero-order valence-electron chi connectivity index (χ0n) is 34.6. The minimum atomic E-state index is -0.112. The van der Waals surface area contributed by atoms with Crippen molar-refractivity contribution in [2.24, 2.45) is 10.4 Å². The quantitative estimate of drug-likeness (QED) is 0.131. The van der Waals surface area contributed by atoms with Gasteiger partial charge in [-0.2, -0.15) is 0 Å². The molecule has 0 unspecified atom stereocenters. The van der Waals surface area contributed by atoms with Gasteiger partial charge in [-0.15, -0.1) is 32.9 Å². The molecule has 310 valence electrons. The number of aliphatic imine (C=N–C) groups is 1. The minimum Gasteiger partial charge on any atom is -0.508 e. The van der Waals surface area contributed by atoms with Crippen LogP contribution in [0.15, 0.2) is 96.0 Å². The standard InChI is InChI=1S/C49H47N5O5S2/c1-28-30(3)60-48-42(28)44(50-29(2)47-52-51-31(4)54(47)48)32-7-16-38(17-8-32)59-39-26-49(27-39)19-21-53(22-20-49)23-24-58-37-14-9-33(10-15-37)45(57)43-40-18-13-36(56)25-41(40)61-46(43)34-5-11-35(55)12-6-34/h5-18,25,29,39,55-56H,19-24,26-27H2,1-4H3/t29-/m0/s1. The van der Waals surface area contributed by atoms with Crippen molar-refractivity contribution in [3.63, 3.8) is 0 Å². The molecule has 2 N–H and O–H groups in total. The molecule has 1 aliphatic carbocycles. The number of nitrogens with zero attached hydrogens (tertiary/aromatic N) is 5. The molecule has 4 aromatic carbocycles. The number of carbonyl (C=O) groups excluding carboxylic acids is 1. The summed E-state index contributed by atoms with van der Waals surface area (Å²) in [6.07, 6.45) is 4.74. The average Bonchev–Trinajstić information content (AvgIpc) is 3.89. The van der Waals surface area contributed by atoms with E-state index in [2.05, 4.69) is 64.7 Å². The van der Waals surface area contributed by atoms with E-state index in [0.29, 0.717) is 23.1 Å². The Bertz CT molecular complexity index is 2810. The molecule has 61 heavy (non-hydrogen) atoms. The molecule has 5 heterocycles. The molecule has 10 rings (SSSR count). The normalized spacial score (nSPS) is 17.4. The van der Waals surface area contributed by atoms with E-state index in [-0.39, 0.29) is 29.4 Å². The lowest BCUT2D eigenvalue weighted by molar-refractivity contribution is -0.0562. The molecule has 1 saturated heterocycles. The predicted octanol–water partition coefficient (Wildman–Crippen LogP) is 10.4. The van der Waals surface area contributed by atoms with Gasteiger partial charge in [0.25, 0.3) is 0 Å². The number of ketones is 1. The number of aromatic nitrogens is 3. The average molecular weight is 850 g/mol. The van der Waals surface area contributed by atoms with Crippen LogP contribution in [0.3, 0.4) is 0 Å². The van der Waals surface area contributed by atoms with Crippen LogP contribution in [-0.4, -0.2) is 73.7 Å². The van der Waals surface area contributed by atoms with E-state index in [4.69, 9.17) is 14.5 Å². The summed E-state index contributed by atoms with van der Waals surface area (Å²) < 4.78 is 15.7. The van der Waals surface area contributed by atoms with Gasteiger partial charge in [0, 0.05) is 48.6 Å². The first-order chi connectivity index (χ1) is 29.5. The van der Waals surface area contributed by atoms with Crippen LogP contribution < -0.4 is 9.47 Å². The number of rotatable bonds is 10. The number of aromatic hydroxyl groups is 2. The number of piperidine rings is 1. The molecule has 3 aliphatic rings. The highest BCUT2D eigenvalue weighted by molar-refractivity contribution is 7.22. The van der Waals surface area contributed by atoms with Crippen molar-refractivity contribution in [3.05, 3.63) is 135 Å². The Morgan fingerprint density at radius 1 is 0.836 bits per heavy atom. The first-order valence-electron chi connectivity index (χ1n) is 20.9. The largest absolute Gasteiger partial charge is 0.508 e. The zero-order chi connectivity index (χ0) is 42.0. The predicted molar refractivity (Wildman–Crippen MR) is 242 cm³/mol. The maximum absolute atomic E-state index is 14.0. The third-order valence-electron chi connectivity index (χ3n) is 12.8. The maximum atomic E-state index is 14.0. The van der Waals surface area contributed by atoms with Crippen molar-refractivity contribution < 1.29 is 24.5 Å². The number of likely N-dealkylation sites (tertiary alicyclic amines) is 1. The van der Waals surface area contributed by atoms with Crippen molar-refractivity contribution in [3.8, 4) is 38.4 Å². The van der Waals surface area contributed by atoms with Crippen LogP contribution in [0, 0.1) is 26.2 Å². The van der Waals surface area contributed by atoms with E-state index < -0.39 is 0 Å². The van der Waals surface area contributed by atoms with Crippen LogP contribution in [0.1, 0.15) is 87.8 Å². The Hall–Kier alpha value is -5.82. The number of hydrogen-bond acceptors (Lipinski definition) is 11. The number of phenols is 2. The van der Waals surface area contributed by atoms with Crippen LogP contribution >= 0.6 is 22.7 Å². The molecule has 10 nitrogen and oxygen atoms in total. The summed E-state index contributed by atoms with van der Waals surface area (Å²) in [5.74, 6) is 3.61. The lowest BCUT2D eigenvalue weighted by Gasteiger charge is -2.51. The molecule has 0 bridgehead atoms. The van der Waals surface area contributed by atoms with E-state index in [0.717, 1.165) is 105 Å². The van der Waals surface area contributed by atoms with Crippen LogP contribution in [-0.2, 0) is 0 Å². The van der Waals surface area contributed by atoms with Gasteiger partial charge < -0.3 is 19.7 Å². The van der Waals surface area contributed by atoms with E-state index in [1.54, 1.807) is 53.8 Å². The van der Waals surface area contributed by atoms with E-state index in [1.807, 2.05) is 31.2 Å². The fourth-order valence-electron chi connectivity index (χ4n) is 9.28. The maximum Gasteiger partial charge on any atom is 0.195 e. The summed E-state index contributed by atoms with van der Waals surface area (Å²) in [4.78, 5) is 23.7. The first-order valence-corrected chi connectivity index (χ1v) is 22.6. The Labute approximate surface area is 362 Å². The van der Waals surface area contributed by atoms with Gasteiger partial charge in [0.1, 0.15) is 46.5 Å². The summed E-state index contributed by atoms with van der Waals surface area (Å²) in [6.45, 7) is 12.0. The SMILES string of the molecule is Cc1sc2c(c1C)C(c1ccc(OC3CC4(CCN(CCOc5ccc(C(=O)c6c(-c7ccc(O)cc7)sc7cc(O)ccc67)cc5)CC4)C3)cc1)=N[C@@H](C)c1nnc(C)n1-2. The van der Waals surface area contributed by atoms with Gasteiger partial charge in [-0.3, -0.25) is 19.3 Å². The van der Waals surface area contributed by atoms with Crippen molar-refractivity contribution in [1.29, 1.82) is 0 Å². The number of benzene rings is 4. The molecule has 1 atom stereocenters. The fraction of sp³-hybridized carbons (Fsp3) is 0.306. The highest BCUT2D eigenvalue weighted by Gasteiger charge is 2.47. The van der Waals surface area contributed by atoms with Crippen molar-refractivity contribution in [2.75, 3.05) is 26.2 Å². The van der Waals surface area contributed by atoms with Crippen LogP contribution in [0.25, 0.3) is 25.5 Å². The van der Waals surface area contributed by atoms with Gasteiger partial charge in [-0.25, -0.2) is 0 Å². The summed E-state index contributed by atoms with van der Waals surface area (Å²) in [7, 11) is 0. The highest BCUT2D eigenvalue weighted by atomic mass is 32.1. The molecule has 0 radical (unpaired) electrons. The van der Waals surface area contributed by atoms with Crippen molar-refractivity contribution in [1.82, 2.24) is 19.7 Å². The topological polar surface area (TPSA) is 122 Å². The molecule has 12 heteroatoms. The second kappa shape index (κ2) is 15.6. The zero-order valence-corrected chi connectivity index (χ0v) is 36.3. The Morgan fingerprint density at radius 3 is 2.26 bits per heavy atom. The highest BCUT2D eigenvalue weighted by Crippen LogP contribution is 2.50. The first kappa shape index (κ1) is 39.3. The van der Waals surface area contributed by atoms with Gasteiger partial charge in [0.05, 0.1) is 11.8 Å². The second-order valence-corrected chi connectivity index (χ2v) is 19.1. The molecule has 7 aromatic rings. The summed E-state index contributed by atoms with van der Waals surface area (Å²) in [6, 6.07) is 27.7. The van der Waals surface area contributed by atoms with Gasteiger partial charge in [-0.05, 0) is 174 Å². The molecule has 3 aromatic heterocycles. The summed E-state index contributed by atoms with van der Waals surface area (Å²) >= 11 is 3.23. The lowest BCUT2D eigenvalue weighted by atomic mass is 9.61. The molecule has 2 fully saturated rings. The van der Waals surface area contributed by atoms with Crippen LogP contribution in [0.4, 0.5) is 0 Å². The number of hydrogen-bond donors (Lipinski definition) is 2. The minimum absolute atomic E-state index is 0.101. The van der Waals surface area contributed by atoms with Gasteiger partial charge in [0.15, 0.2) is 11.6 Å². The van der Waals surface area contributed by atoms with E-state index in [9.17, 15) is 15.0 Å². The van der Waals surface area contributed by atoms with E-state index >= 15 is 0 Å². The monoisotopic (exact) mass is 849 g/mol.